The lowest BCUT2D eigenvalue weighted by atomic mass is 10.0. The minimum Gasteiger partial charge on any atom is -0.346 e. The summed E-state index contributed by atoms with van der Waals surface area (Å²) < 4.78 is 0. The van der Waals surface area contributed by atoms with Crippen LogP contribution in [-0.2, 0) is 0 Å². The fraction of sp³-hybridized carbons (Fsp3) is 0.700. The van der Waals surface area contributed by atoms with Crippen molar-refractivity contribution < 1.29 is 4.79 Å². The molecule has 1 aliphatic heterocycles. The van der Waals surface area contributed by atoms with Crippen molar-refractivity contribution in [3.8, 4) is 0 Å². The summed E-state index contributed by atoms with van der Waals surface area (Å²) in [6, 6.07) is 0.676. The number of hydrogen-bond donors (Lipinski definition) is 3. The maximum Gasteiger partial charge on any atom is 0.291 e. The lowest BCUT2D eigenvalue weighted by molar-refractivity contribution is 0.0915. The molecule has 1 amide bonds. The standard InChI is InChI=1S/C10H17N5O/c1-6-5-8(3-4-11-6)13-10(16)9-12-7(2)14-15-9/h6,8,11H,3-5H2,1-2H3,(H,13,16)(H,12,14,15). The van der Waals surface area contributed by atoms with Crippen molar-refractivity contribution in [3.63, 3.8) is 0 Å². The lowest BCUT2D eigenvalue weighted by Crippen LogP contribution is -2.46. The topological polar surface area (TPSA) is 82.7 Å². The summed E-state index contributed by atoms with van der Waals surface area (Å²) in [4.78, 5) is 15.8. The Labute approximate surface area is 94.2 Å². The molecule has 0 aliphatic carbocycles. The van der Waals surface area contributed by atoms with Crippen molar-refractivity contribution in [1.82, 2.24) is 25.8 Å². The van der Waals surface area contributed by atoms with E-state index in [1.165, 1.54) is 0 Å². The molecule has 88 valence electrons. The molecule has 1 aromatic heterocycles. The Bertz CT molecular complexity index is 375. The first-order valence-electron chi connectivity index (χ1n) is 5.58. The third-order valence-electron chi connectivity index (χ3n) is 2.76. The van der Waals surface area contributed by atoms with Crippen LogP contribution in [0.15, 0.2) is 0 Å². The number of aryl methyl sites for hydroxylation is 1. The number of carbonyl (C=O) groups excluding carboxylic acids is 1. The Balaban J connectivity index is 1.92. The van der Waals surface area contributed by atoms with Crippen LogP contribution in [-0.4, -0.2) is 39.7 Å². The minimum atomic E-state index is -0.191. The van der Waals surface area contributed by atoms with Crippen LogP contribution < -0.4 is 10.6 Å². The highest BCUT2D eigenvalue weighted by Gasteiger charge is 2.21. The number of nitrogens with zero attached hydrogens (tertiary/aromatic N) is 2. The summed E-state index contributed by atoms with van der Waals surface area (Å²) in [5, 5.41) is 12.8. The Kier molecular flexibility index (Phi) is 3.19. The number of rotatable bonds is 2. The average Bonchev–Trinajstić information content (AvgIpc) is 2.65. The third kappa shape index (κ3) is 2.57. The fourth-order valence-corrected chi connectivity index (χ4v) is 1.96. The summed E-state index contributed by atoms with van der Waals surface area (Å²) in [6.45, 7) is 4.84. The first-order valence-corrected chi connectivity index (χ1v) is 5.58. The van der Waals surface area contributed by atoms with Gasteiger partial charge in [0.25, 0.3) is 5.91 Å². The van der Waals surface area contributed by atoms with Gasteiger partial charge in [-0.05, 0) is 33.2 Å². The van der Waals surface area contributed by atoms with Crippen LogP contribution in [0, 0.1) is 6.92 Å². The number of amides is 1. The van der Waals surface area contributed by atoms with Crippen molar-refractivity contribution in [1.29, 1.82) is 0 Å². The van der Waals surface area contributed by atoms with E-state index in [4.69, 9.17) is 0 Å². The number of carbonyl (C=O) groups is 1. The van der Waals surface area contributed by atoms with Gasteiger partial charge in [0.15, 0.2) is 0 Å². The molecular formula is C10H17N5O. The Morgan fingerprint density at radius 2 is 2.38 bits per heavy atom. The molecule has 0 bridgehead atoms. The SMILES string of the molecule is Cc1nc(C(=O)NC2CCNC(C)C2)n[nH]1. The lowest BCUT2D eigenvalue weighted by Gasteiger charge is -2.28. The molecule has 0 saturated carbocycles. The number of aromatic amines is 1. The molecule has 1 saturated heterocycles. The highest BCUT2D eigenvalue weighted by molar-refractivity contribution is 5.90. The van der Waals surface area contributed by atoms with Crippen LogP contribution >= 0.6 is 0 Å². The highest BCUT2D eigenvalue weighted by atomic mass is 16.2. The van der Waals surface area contributed by atoms with Gasteiger partial charge in [0, 0.05) is 12.1 Å². The van der Waals surface area contributed by atoms with Crippen LogP contribution in [0.3, 0.4) is 0 Å². The Morgan fingerprint density at radius 1 is 1.56 bits per heavy atom. The van der Waals surface area contributed by atoms with Gasteiger partial charge in [0.2, 0.25) is 5.82 Å². The molecule has 6 heteroatoms. The number of hydrogen-bond acceptors (Lipinski definition) is 4. The molecule has 2 atom stereocenters. The maximum atomic E-state index is 11.8. The second-order valence-corrected chi connectivity index (χ2v) is 4.29. The molecule has 16 heavy (non-hydrogen) atoms. The molecule has 6 nitrogen and oxygen atoms in total. The van der Waals surface area contributed by atoms with Crippen molar-refractivity contribution in [2.45, 2.75) is 38.8 Å². The predicted octanol–water partition coefficient (Wildman–Crippen LogP) is -0.0166. The zero-order chi connectivity index (χ0) is 11.5. The number of nitrogens with one attached hydrogen (secondary N) is 3. The zero-order valence-electron chi connectivity index (χ0n) is 9.58. The van der Waals surface area contributed by atoms with Crippen LogP contribution in [0.1, 0.15) is 36.2 Å². The molecule has 1 aliphatic rings. The summed E-state index contributed by atoms with van der Waals surface area (Å²) >= 11 is 0. The van der Waals surface area contributed by atoms with Gasteiger partial charge < -0.3 is 10.6 Å². The van der Waals surface area contributed by atoms with E-state index in [0.717, 1.165) is 19.4 Å². The van der Waals surface area contributed by atoms with E-state index in [1.54, 1.807) is 6.92 Å². The summed E-state index contributed by atoms with van der Waals surface area (Å²) in [6.07, 6.45) is 1.91. The van der Waals surface area contributed by atoms with Crippen molar-refractivity contribution in [3.05, 3.63) is 11.6 Å². The van der Waals surface area contributed by atoms with E-state index >= 15 is 0 Å². The number of piperidine rings is 1. The second kappa shape index (κ2) is 4.61. The van der Waals surface area contributed by atoms with E-state index in [2.05, 4.69) is 32.7 Å². The fourth-order valence-electron chi connectivity index (χ4n) is 1.96. The third-order valence-corrected chi connectivity index (χ3v) is 2.76. The quantitative estimate of drug-likeness (QED) is 0.658. The number of aromatic nitrogens is 3. The van der Waals surface area contributed by atoms with Gasteiger partial charge in [-0.15, -0.1) is 5.10 Å². The van der Waals surface area contributed by atoms with Crippen LogP contribution in [0.2, 0.25) is 0 Å². The van der Waals surface area contributed by atoms with Gasteiger partial charge in [-0.1, -0.05) is 0 Å². The molecule has 0 radical (unpaired) electrons. The minimum absolute atomic E-state index is 0.191. The van der Waals surface area contributed by atoms with Crippen molar-refractivity contribution in [2.24, 2.45) is 0 Å². The average molecular weight is 223 g/mol. The van der Waals surface area contributed by atoms with Crippen LogP contribution in [0.25, 0.3) is 0 Å². The molecule has 1 fully saturated rings. The molecule has 3 N–H and O–H groups in total. The molecule has 2 heterocycles. The first kappa shape index (κ1) is 11.1. The molecule has 2 unspecified atom stereocenters. The van der Waals surface area contributed by atoms with E-state index in [9.17, 15) is 4.79 Å². The van der Waals surface area contributed by atoms with Gasteiger partial charge in [-0.2, -0.15) is 0 Å². The maximum absolute atomic E-state index is 11.8. The highest BCUT2D eigenvalue weighted by Crippen LogP contribution is 2.08. The summed E-state index contributed by atoms with van der Waals surface area (Å²) in [5.41, 5.74) is 0. The normalized spacial score (nSPS) is 25.4. The van der Waals surface area contributed by atoms with E-state index in [1.807, 2.05) is 0 Å². The molecule has 0 aromatic carbocycles. The van der Waals surface area contributed by atoms with E-state index < -0.39 is 0 Å². The van der Waals surface area contributed by atoms with Gasteiger partial charge in [0.05, 0.1) is 0 Å². The zero-order valence-corrected chi connectivity index (χ0v) is 9.58. The molecule has 1 aromatic rings. The summed E-state index contributed by atoms with van der Waals surface area (Å²) in [5.74, 6) is 0.691. The monoisotopic (exact) mass is 223 g/mol. The van der Waals surface area contributed by atoms with Crippen molar-refractivity contribution in [2.75, 3.05) is 6.54 Å². The summed E-state index contributed by atoms with van der Waals surface area (Å²) in [7, 11) is 0. The number of H-pyrrole nitrogens is 1. The van der Waals surface area contributed by atoms with Crippen LogP contribution in [0.4, 0.5) is 0 Å². The first-order chi connectivity index (χ1) is 7.65. The van der Waals surface area contributed by atoms with Crippen LogP contribution in [0.5, 0.6) is 0 Å². The van der Waals surface area contributed by atoms with Gasteiger partial charge in [-0.3, -0.25) is 9.89 Å². The Morgan fingerprint density at radius 3 is 3.00 bits per heavy atom. The molecule has 0 spiro atoms. The Hall–Kier alpha value is -1.43. The van der Waals surface area contributed by atoms with E-state index in [-0.39, 0.29) is 17.8 Å². The second-order valence-electron chi connectivity index (χ2n) is 4.29. The smallest absolute Gasteiger partial charge is 0.291 e. The predicted molar refractivity (Wildman–Crippen MR) is 59.1 cm³/mol. The van der Waals surface area contributed by atoms with Gasteiger partial charge in [-0.25, -0.2) is 4.98 Å². The van der Waals surface area contributed by atoms with Gasteiger partial charge >= 0.3 is 0 Å². The molecule has 2 rings (SSSR count). The van der Waals surface area contributed by atoms with Crippen molar-refractivity contribution >= 4 is 5.91 Å². The van der Waals surface area contributed by atoms with Gasteiger partial charge in [0.1, 0.15) is 5.82 Å². The largest absolute Gasteiger partial charge is 0.346 e. The molecular weight excluding hydrogens is 206 g/mol. The van der Waals surface area contributed by atoms with E-state index in [0.29, 0.717) is 11.9 Å².